The average Bonchev–Trinajstić information content (AvgIpc) is 3.10. The number of ether oxygens (including phenoxy) is 2. The van der Waals surface area contributed by atoms with E-state index in [9.17, 15) is 9.59 Å². The minimum absolute atomic E-state index is 0.0242. The molecule has 7 heteroatoms. The van der Waals surface area contributed by atoms with Crippen LogP contribution in [0.5, 0.6) is 0 Å². The molecule has 0 aromatic rings. The molecular weight excluding hydrogens is 326 g/mol. The molecule has 2 fully saturated rings. The first-order valence-electron chi connectivity index (χ1n) is 8.57. The van der Waals surface area contributed by atoms with Gasteiger partial charge in [0.2, 0.25) is 0 Å². The number of alkyl carbamates (subject to hydrolysis) is 1. The van der Waals surface area contributed by atoms with Crippen molar-refractivity contribution in [2.24, 2.45) is 0 Å². The lowest BCUT2D eigenvalue weighted by atomic mass is 9.92. The third kappa shape index (κ3) is 4.37. The number of fused-ring (bicyclic) bond motifs is 1. The predicted octanol–water partition coefficient (Wildman–Crippen LogP) is 3.01. The van der Waals surface area contributed by atoms with Crippen LogP contribution in [0.2, 0.25) is 18.1 Å². The van der Waals surface area contributed by atoms with Gasteiger partial charge in [-0.15, -0.1) is 0 Å². The van der Waals surface area contributed by atoms with Gasteiger partial charge in [0.1, 0.15) is 17.8 Å². The Balaban J connectivity index is 2.11. The summed E-state index contributed by atoms with van der Waals surface area (Å²) in [5.41, 5.74) is -0.586. The number of hydrogen-bond acceptors (Lipinski definition) is 5. The molecule has 0 unspecified atom stereocenters. The SMILES string of the molecule is CC(C)(C)OC(=O)N[C@H]1CC(=O)[C@@H]2O[C@@H]2[C@H]1O[Si](C)(C)C(C)(C)C. The largest absolute Gasteiger partial charge is 0.444 e. The molecule has 0 aromatic heterocycles. The first kappa shape index (κ1) is 19.4. The van der Waals surface area contributed by atoms with Crippen molar-refractivity contribution >= 4 is 20.2 Å². The van der Waals surface area contributed by atoms with Crippen molar-refractivity contribution in [2.45, 2.75) is 96.1 Å². The minimum Gasteiger partial charge on any atom is -0.444 e. The molecule has 1 amide bonds. The van der Waals surface area contributed by atoms with Crippen molar-refractivity contribution in [3.63, 3.8) is 0 Å². The number of amides is 1. The van der Waals surface area contributed by atoms with Crippen LogP contribution in [0.15, 0.2) is 0 Å². The van der Waals surface area contributed by atoms with E-state index in [0.29, 0.717) is 0 Å². The first-order valence-corrected chi connectivity index (χ1v) is 11.5. The summed E-state index contributed by atoms with van der Waals surface area (Å²) < 4.78 is 17.3. The minimum atomic E-state index is -2.05. The Kier molecular flexibility index (Phi) is 4.94. The Morgan fingerprint density at radius 1 is 1.21 bits per heavy atom. The maximum absolute atomic E-state index is 12.1. The zero-order valence-electron chi connectivity index (χ0n) is 16.1. The molecule has 24 heavy (non-hydrogen) atoms. The summed E-state index contributed by atoms with van der Waals surface area (Å²) in [7, 11) is -2.05. The Bertz CT molecular complexity index is 520. The van der Waals surface area contributed by atoms with Gasteiger partial charge in [0.05, 0.1) is 12.1 Å². The van der Waals surface area contributed by atoms with Crippen LogP contribution in [0, 0.1) is 0 Å². The fourth-order valence-electron chi connectivity index (χ4n) is 2.57. The van der Waals surface area contributed by atoms with Crippen molar-refractivity contribution in [1.82, 2.24) is 5.32 Å². The van der Waals surface area contributed by atoms with E-state index in [1.54, 1.807) is 0 Å². The number of carbonyl (C=O) groups excluding carboxylic acids is 2. The number of rotatable bonds is 3. The third-order valence-electron chi connectivity index (χ3n) is 4.92. The molecule has 1 saturated heterocycles. The Labute approximate surface area is 145 Å². The topological polar surface area (TPSA) is 77.2 Å². The van der Waals surface area contributed by atoms with E-state index in [1.165, 1.54) is 0 Å². The second kappa shape index (κ2) is 6.11. The summed E-state index contributed by atoms with van der Waals surface area (Å²) in [6.07, 6.45) is -1.22. The van der Waals surface area contributed by atoms with Crippen LogP contribution in [-0.4, -0.2) is 50.1 Å². The van der Waals surface area contributed by atoms with Crippen LogP contribution in [0.4, 0.5) is 4.79 Å². The number of Topliss-reactive ketones (excluding diaryl/α,β-unsaturated/α-hetero) is 1. The highest BCUT2D eigenvalue weighted by Crippen LogP contribution is 2.43. The number of hydrogen-bond donors (Lipinski definition) is 1. The number of epoxide rings is 1. The number of carbonyl (C=O) groups is 2. The Morgan fingerprint density at radius 3 is 2.29 bits per heavy atom. The molecule has 1 heterocycles. The van der Waals surface area contributed by atoms with Gasteiger partial charge in [-0.05, 0) is 38.9 Å². The van der Waals surface area contributed by atoms with E-state index in [4.69, 9.17) is 13.9 Å². The van der Waals surface area contributed by atoms with E-state index >= 15 is 0 Å². The van der Waals surface area contributed by atoms with Crippen LogP contribution in [0.1, 0.15) is 48.0 Å². The van der Waals surface area contributed by atoms with Gasteiger partial charge >= 0.3 is 6.09 Å². The molecular formula is C17H31NO5Si. The Morgan fingerprint density at radius 2 is 1.79 bits per heavy atom. The molecule has 2 aliphatic rings. The molecule has 138 valence electrons. The van der Waals surface area contributed by atoms with Crippen LogP contribution < -0.4 is 5.32 Å². The molecule has 6 nitrogen and oxygen atoms in total. The average molecular weight is 358 g/mol. The fourth-order valence-corrected chi connectivity index (χ4v) is 3.90. The van der Waals surface area contributed by atoms with Gasteiger partial charge in [-0.1, -0.05) is 20.8 Å². The van der Waals surface area contributed by atoms with E-state index in [1.807, 2.05) is 20.8 Å². The summed E-state index contributed by atoms with van der Waals surface area (Å²) in [4.78, 5) is 24.2. The second-order valence-corrected chi connectivity index (χ2v) is 14.0. The van der Waals surface area contributed by atoms with Gasteiger partial charge in [-0.3, -0.25) is 4.79 Å². The van der Waals surface area contributed by atoms with Crippen LogP contribution in [-0.2, 0) is 18.7 Å². The summed E-state index contributed by atoms with van der Waals surface area (Å²) in [6, 6.07) is -0.412. The summed E-state index contributed by atoms with van der Waals surface area (Å²) in [5, 5.41) is 2.86. The summed E-state index contributed by atoms with van der Waals surface area (Å²) in [6.45, 7) is 16.2. The highest BCUT2D eigenvalue weighted by molar-refractivity contribution is 6.74. The number of ketones is 1. The van der Waals surface area contributed by atoms with Crippen LogP contribution in [0.25, 0.3) is 0 Å². The lowest BCUT2D eigenvalue weighted by molar-refractivity contribution is -0.122. The number of nitrogens with one attached hydrogen (secondary N) is 1. The van der Waals surface area contributed by atoms with Gasteiger partial charge in [0.15, 0.2) is 14.1 Å². The highest BCUT2D eigenvalue weighted by Gasteiger charge is 2.59. The van der Waals surface area contributed by atoms with Gasteiger partial charge in [-0.25, -0.2) is 4.79 Å². The van der Waals surface area contributed by atoms with E-state index in [2.05, 4.69) is 39.2 Å². The maximum Gasteiger partial charge on any atom is 0.407 e. The van der Waals surface area contributed by atoms with Crippen molar-refractivity contribution in [3.8, 4) is 0 Å². The van der Waals surface area contributed by atoms with Crippen molar-refractivity contribution in [2.75, 3.05) is 0 Å². The monoisotopic (exact) mass is 357 g/mol. The Hall–Kier alpha value is -0.923. The van der Waals surface area contributed by atoms with E-state index in [-0.39, 0.29) is 35.6 Å². The molecule has 1 aliphatic heterocycles. The maximum atomic E-state index is 12.1. The molecule has 0 spiro atoms. The summed E-state index contributed by atoms with van der Waals surface area (Å²) in [5.74, 6) is 0.0242. The molecule has 1 saturated carbocycles. The van der Waals surface area contributed by atoms with E-state index < -0.39 is 26.1 Å². The van der Waals surface area contributed by atoms with Crippen LogP contribution >= 0.6 is 0 Å². The molecule has 0 bridgehead atoms. The first-order chi connectivity index (χ1) is 10.7. The zero-order chi connectivity index (χ0) is 18.5. The smallest absolute Gasteiger partial charge is 0.407 e. The fraction of sp³-hybridized carbons (Fsp3) is 0.882. The summed E-state index contributed by atoms with van der Waals surface area (Å²) >= 11 is 0. The molecule has 0 aromatic carbocycles. The molecule has 4 atom stereocenters. The van der Waals surface area contributed by atoms with Crippen molar-refractivity contribution in [3.05, 3.63) is 0 Å². The normalized spacial score (nSPS) is 30.6. The lowest BCUT2D eigenvalue weighted by Crippen LogP contribution is -2.57. The molecule has 0 radical (unpaired) electrons. The third-order valence-corrected chi connectivity index (χ3v) is 9.40. The molecule has 1 aliphatic carbocycles. The lowest BCUT2D eigenvalue weighted by Gasteiger charge is -2.42. The van der Waals surface area contributed by atoms with Gasteiger partial charge in [-0.2, -0.15) is 0 Å². The van der Waals surface area contributed by atoms with E-state index in [0.717, 1.165) is 0 Å². The quantitative estimate of drug-likeness (QED) is 0.620. The zero-order valence-corrected chi connectivity index (χ0v) is 17.1. The standard InChI is InChI=1S/C17H31NO5Si/c1-16(2,3)22-15(20)18-10-9-11(19)13-14(21-13)12(10)23-24(7,8)17(4,5)6/h10,12-14H,9H2,1-8H3,(H,18,20)/t10-,12-,13-,14+/m0/s1. The second-order valence-electron chi connectivity index (χ2n) is 9.29. The van der Waals surface area contributed by atoms with Crippen LogP contribution in [0.3, 0.4) is 0 Å². The van der Waals surface area contributed by atoms with Gasteiger partial charge in [0, 0.05) is 6.42 Å². The molecule has 2 rings (SSSR count). The molecule has 1 N–H and O–H groups in total. The van der Waals surface area contributed by atoms with Crippen molar-refractivity contribution in [1.29, 1.82) is 0 Å². The van der Waals surface area contributed by atoms with Gasteiger partial charge in [0.25, 0.3) is 0 Å². The predicted molar refractivity (Wildman–Crippen MR) is 93.5 cm³/mol. The van der Waals surface area contributed by atoms with Crippen molar-refractivity contribution < 1.29 is 23.5 Å². The van der Waals surface area contributed by atoms with Gasteiger partial charge < -0.3 is 19.2 Å². The highest BCUT2D eigenvalue weighted by atomic mass is 28.4.